The van der Waals surface area contributed by atoms with Crippen molar-refractivity contribution in [2.24, 2.45) is 0 Å². The number of aliphatic hydroxyl groups is 2. The Morgan fingerprint density at radius 1 is 1.78 bits per heavy atom. The SMILES string of the molecule is [2H]OCC(CO)OCC#C. The maximum atomic E-state index is 8.53. The third kappa shape index (κ3) is 3.98. The molecule has 0 fully saturated rings. The molecule has 3 nitrogen and oxygen atoms in total. The van der Waals surface area contributed by atoms with E-state index in [0.717, 1.165) is 0 Å². The van der Waals surface area contributed by atoms with E-state index in [1.807, 2.05) is 0 Å². The predicted octanol–water partition coefficient (Wildman–Crippen LogP) is -1.01. The fourth-order valence-corrected chi connectivity index (χ4v) is 0.319. The second-order valence-corrected chi connectivity index (χ2v) is 1.49. The lowest BCUT2D eigenvalue weighted by Gasteiger charge is -2.08. The maximum Gasteiger partial charge on any atom is 0.210 e. The molecule has 0 saturated carbocycles. The van der Waals surface area contributed by atoms with Crippen LogP contribution in [-0.2, 0) is 4.74 Å². The van der Waals surface area contributed by atoms with Gasteiger partial charge < -0.3 is 15.0 Å². The number of rotatable bonds is 5. The fourth-order valence-electron chi connectivity index (χ4n) is 0.319. The van der Waals surface area contributed by atoms with Crippen LogP contribution in [0.2, 0.25) is 0 Å². The molecule has 1 unspecified atom stereocenters. The molecule has 0 aromatic rings. The molecule has 0 bridgehead atoms. The number of hydrogen-bond acceptors (Lipinski definition) is 3. The summed E-state index contributed by atoms with van der Waals surface area (Å²) in [6, 6.07) is 0. The van der Waals surface area contributed by atoms with Crippen molar-refractivity contribution in [3.8, 4) is 12.3 Å². The van der Waals surface area contributed by atoms with Gasteiger partial charge in [-0.15, -0.1) is 6.42 Å². The fraction of sp³-hybridized carbons (Fsp3) is 0.667. The molecule has 0 aromatic heterocycles. The van der Waals surface area contributed by atoms with Crippen molar-refractivity contribution in [1.29, 1.82) is 1.43 Å². The van der Waals surface area contributed by atoms with Gasteiger partial charge in [0, 0.05) is 0 Å². The van der Waals surface area contributed by atoms with E-state index in [1.165, 1.54) is 0 Å². The molecule has 3 heteroatoms. The Morgan fingerprint density at radius 2 is 2.56 bits per heavy atom. The molecule has 0 amide bonds. The average molecular weight is 131 g/mol. The zero-order valence-electron chi connectivity index (χ0n) is 6.04. The molecule has 0 aromatic carbocycles. The molecule has 0 aliphatic rings. The van der Waals surface area contributed by atoms with Crippen LogP contribution < -0.4 is 0 Å². The van der Waals surface area contributed by atoms with Crippen molar-refractivity contribution in [2.75, 3.05) is 19.8 Å². The van der Waals surface area contributed by atoms with Gasteiger partial charge in [-0.1, -0.05) is 5.92 Å². The first kappa shape index (κ1) is 6.56. The lowest BCUT2D eigenvalue weighted by atomic mass is 10.4. The van der Waals surface area contributed by atoms with Crippen LogP contribution in [0, 0.1) is 12.3 Å². The van der Waals surface area contributed by atoms with Gasteiger partial charge in [0.15, 0.2) is 0 Å². The van der Waals surface area contributed by atoms with Crippen LogP contribution in [0.4, 0.5) is 0 Å². The first-order valence-electron chi connectivity index (χ1n) is 3.00. The average Bonchev–Trinajstić information content (AvgIpc) is 1.98. The topological polar surface area (TPSA) is 49.7 Å². The van der Waals surface area contributed by atoms with Gasteiger partial charge in [0.1, 0.15) is 12.7 Å². The van der Waals surface area contributed by atoms with Crippen molar-refractivity contribution in [1.82, 2.24) is 0 Å². The Morgan fingerprint density at radius 3 is 3.00 bits per heavy atom. The number of hydrogen-bond donors (Lipinski definition) is 2. The molecular weight excluding hydrogens is 120 g/mol. The second-order valence-electron chi connectivity index (χ2n) is 1.49. The summed E-state index contributed by atoms with van der Waals surface area (Å²) < 4.78 is 11.2. The summed E-state index contributed by atoms with van der Waals surface area (Å²) >= 11 is 0. The van der Waals surface area contributed by atoms with E-state index in [2.05, 4.69) is 11.0 Å². The van der Waals surface area contributed by atoms with Crippen molar-refractivity contribution in [3.63, 3.8) is 0 Å². The van der Waals surface area contributed by atoms with Crippen LogP contribution in [0.1, 0.15) is 0 Å². The van der Waals surface area contributed by atoms with Crippen molar-refractivity contribution in [2.45, 2.75) is 6.10 Å². The first-order valence-corrected chi connectivity index (χ1v) is 2.59. The molecule has 0 rings (SSSR count). The molecule has 52 valence electrons. The maximum absolute atomic E-state index is 8.53. The second kappa shape index (κ2) is 5.57. The highest BCUT2D eigenvalue weighted by Gasteiger charge is 2.02. The molecule has 0 heterocycles. The zero-order valence-corrected chi connectivity index (χ0v) is 5.04. The molecule has 0 aliphatic heterocycles. The minimum absolute atomic E-state index is 0.0399. The van der Waals surface area contributed by atoms with Crippen LogP contribution in [0.3, 0.4) is 0 Å². The normalized spacial score (nSPS) is 14.0. The van der Waals surface area contributed by atoms with Crippen LogP contribution in [-0.4, -0.2) is 37.6 Å². The third-order valence-electron chi connectivity index (χ3n) is 0.792. The van der Waals surface area contributed by atoms with E-state index in [4.69, 9.17) is 17.7 Å². The lowest BCUT2D eigenvalue weighted by Crippen LogP contribution is -2.21. The van der Waals surface area contributed by atoms with Gasteiger partial charge in [-0.25, -0.2) is 0 Å². The zero-order chi connectivity index (χ0) is 7.82. The predicted molar refractivity (Wildman–Crippen MR) is 32.7 cm³/mol. The Hall–Kier alpha value is -0.560. The van der Waals surface area contributed by atoms with Gasteiger partial charge >= 0.3 is 0 Å². The highest BCUT2D eigenvalue weighted by atomic mass is 16.5. The van der Waals surface area contributed by atoms with Crippen molar-refractivity contribution in [3.05, 3.63) is 0 Å². The Balaban J connectivity index is 3.32. The molecule has 0 radical (unpaired) electrons. The van der Waals surface area contributed by atoms with Crippen LogP contribution >= 0.6 is 0 Å². The monoisotopic (exact) mass is 131 g/mol. The highest BCUT2D eigenvalue weighted by Crippen LogP contribution is 1.86. The van der Waals surface area contributed by atoms with Gasteiger partial charge in [0.25, 0.3) is 0 Å². The smallest absolute Gasteiger partial charge is 0.210 e. The van der Waals surface area contributed by atoms with Crippen LogP contribution in [0.15, 0.2) is 0 Å². The molecule has 1 atom stereocenters. The number of ether oxygens (including phenoxy) is 1. The minimum atomic E-state index is -0.478. The van der Waals surface area contributed by atoms with Gasteiger partial charge in [0.2, 0.25) is 1.43 Å². The molecule has 9 heavy (non-hydrogen) atoms. The van der Waals surface area contributed by atoms with E-state index in [-0.39, 0.29) is 19.8 Å². The quantitative estimate of drug-likeness (QED) is 0.470. The summed E-state index contributed by atoms with van der Waals surface area (Å²) in [6.45, 7) is -0.00662. The van der Waals surface area contributed by atoms with Crippen LogP contribution in [0.25, 0.3) is 0 Å². The summed E-state index contributed by atoms with van der Waals surface area (Å²) in [4.78, 5) is 0. The molecule has 0 aliphatic carbocycles. The van der Waals surface area contributed by atoms with E-state index < -0.39 is 6.10 Å². The Labute approximate surface area is 55.8 Å². The summed E-state index contributed by atoms with van der Waals surface area (Å²) in [5.41, 5.74) is 0. The summed E-state index contributed by atoms with van der Waals surface area (Å²) in [6.07, 6.45) is 4.41. The minimum Gasteiger partial charge on any atom is -0.394 e. The van der Waals surface area contributed by atoms with E-state index in [9.17, 15) is 0 Å². The number of terminal acetylenes is 1. The van der Waals surface area contributed by atoms with E-state index in [0.29, 0.717) is 0 Å². The highest BCUT2D eigenvalue weighted by molar-refractivity contribution is 4.83. The first-order chi connectivity index (χ1) is 4.85. The Kier molecular flexibility index (Phi) is 4.06. The summed E-state index contributed by atoms with van der Waals surface area (Å²) in [5.74, 6) is 2.24. The largest absolute Gasteiger partial charge is 0.394 e. The van der Waals surface area contributed by atoms with Gasteiger partial charge in [-0.3, -0.25) is 0 Å². The third-order valence-corrected chi connectivity index (χ3v) is 0.792. The van der Waals surface area contributed by atoms with E-state index in [1.54, 1.807) is 0 Å². The summed E-state index contributed by atoms with van der Waals surface area (Å²) in [7, 11) is 0. The molecular formula is C6H10O3. The van der Waals surface area contributed by atoms with Crippen molar-refractivity contribution >= 4 is 0 Å². The summed E-state index contributed by atoms with van der Waals surface area (Å²) in [5, 5.41) is 12.5. The molecule has 2 N–H and O–H groups in total. The molecule has 0 saturated heterocycles. The van der Waals surface area contributed by atoms with Gasteiger partial charge in [0.05, 0.1) is 13.2 Å². The van der Waals surface area contributed by atoms with Crippen molar-refractivity contribution < 1.29 is 15.0 Å². The Bertz CT molecular complexity index is 110. The van der Waals surface area contributed by atoms with E-state index >= 15 is 0 Å². The van der Waals surface area contributed by atoms with Gasteiger partial charge in [-0.2, -0.15) is 0 Å². The lowest BCUT2D eigenvalue weighted by molar-refractivity contribution is -0.00501. The standard InChI is InChI=1S/C6H10O3/c1-2-3-9-6(4-7)5-8/h1,6-8H,3-5H2/i7D. The number of aliphatic hydroxyl groups excluding tert-OH is 2. The van der Waals surface area contributed by atoms with Crippen LogP contribution in [0.5, 0.6) is 0 Å². The molecule has 0 spiro atoms. The van der Waals surface area contributed by atoms with Gasteiger partial charge in [-0.05, 0) is 0 Å².